The summed E-state index contributed by atoms with van der Waals surface area (Å²) in [6.07, 6.45) is 3.59. The van der Waals surface area contributed by atoms with Crippen LogP contribution in [0.25, 0.3) is 11.0 Å². The van der Waals surface area contributed by atoms with Gasteiger partial charge in [-0.3, -0.25) is 14.6 Å². The van der Waals surface area contributed by atoms with Crippen LogP contribution in [-0.4, -0.2) is 53.3 Å². The van der Waals surface area contributed by atoms with E-state index in [9.17, 15) is 14.7 Å². The number of aliphatic hydroxyl groups is 1. The SMILES string of the molecule is CCN1C(=O)N(c2cc(OC)cc(C(=O)NC(CO)C(C)C)c2)Cc2cnc3[nH]ccc3c21. The van der Waals surface area contributed by atoms with Gasteiger partial charge < -0.3 is 20.1 Å². The molecular weight excluding hydrogens is 422 g/mol. The number of carbonyl (C=O) groups excluding carboxylic acids is 2. The molecule has 0 saturated carbocycles. The Morgan fingerprint density at radius 3 is 2.79 bits per heavy atom. The number of methoxy groups -OCH3 is 1. The number of anilines is 2. The van der Waals surface area contributed by atoms with E-state index in [0.717, 1.165) is 22.3 Å². The predicted molar refractivity (Wildman–Crippen MR) is 127 cm³/mol. The van der Waals surface area contributed by atoms with Crippen molar-refractivity contribution in [2.75, 3.05) is 30.1 Å². The maximum Gasteiger partial charge on any atom is 0.329 e. The van der Waals surface area contributed by atoms with Crippen LogP contribution in [0.5, 0.6) is 5.75 Å². The minimum Gasteiger partial charge on any atom is -0.497 e. The van der Waals surface area contributed by atoms with Gasteiger partial charge in [0.05, 0.1) is 37.7 Å². The summed E-state index contributed by atoms with van der Waals surface area (Å²) in [6, 6.07) is 6.40. The van der Waals surface area contributed by atoms with Gasteiger partial charge in [-0.2, -0.15) is 0 Å². The van der Waals surface area contributed by atoms with Crippen LogP contribution in [0.3, 0.4) is 0 Å². The van der Waals surface area contributed by atoms with E-state index < -0.39 is 0 Å². The van der Waals surface area contributed by atoms with E-state index in [1.807, 2.05) is 33.0 Å². The van der Waals surface area contributed by atoms with Crippen LogP contribution in [0.2, 0.25) is 0 Å². The first-order chi connectivity index (χ1) is 15.9. The zero-order valence-electron chi connectivity index (χ0n) is 19.3. The molecule has 1 aromatic carbocycles. The molecule has 9 heteroatoms. The van der Waals surface area contributed by atoms with Gasteiger partial charge in [-0.05, 0) is 31.0 Å². The monoisotopic (exact) mass is 451 g/mol. The standard InChI is InChI=1S/C24H29N5O4/c1-5-28-21-16(11-26-22-19(21)6-7-25-22)12-29(24(28)32)17-8-15(9-18(10-17)33-4)23(31)27-20(13-30)14(2)3/h6-11,14,20,30H,5,12-13H2,1-4H3,(H,25,26)(H,27,31). The Morgan fingerprint density at radius 2 is 2.12 bits per heavy atom. The van der Waals surface area contributed by atoms with Gasteiger partial charge in [-0.25, -0.2) is 9.78 Å². The van der Waals surface area contributed by atoms with Gasteiger partial charge in [-0.1, -0.05) is 13.8 Å². The Balaban J connectivity index is 1.73. The number of nitrogens with one attached hydrogen (secondary N) is 2. The van der Waals surface area contributed by atoms with E-state index in [2.05, 4.69) is 15.3 Å². The van der Waals surface area contributed by atoms with Crippen molar-refractivity contribution in [2.45, 2.75) is 33.4 Å². The van der Waals surface area contributed by atoms with E-state index >= 15 is 0 Å². The molecule has 1 unspecified atom stereocenters. The smallest absolute Gasteiger partial charge is 0.329 e. The topological polar surface area (TPSA) is 111 Å². The molecule has 0 aliphatic carbocycles. The fourth-order valence-corrected chi connectivity index (χ4v) is 4.11. The molecule has 174 valence electrons. The highest BCUT2D eigenvalue weighted by Gasteiger charge is 2.33. The summed E-state index contributed by atoms with van der Waals surface area (Å²) in [4.78, 5) is 37.4. The Labute approximate surface area is 192 Å². The van der Waals surface area contributed by atoms with Crippen molar-refractivity contribution in [3.8, 4) is 5.75 Å². The fraction of sp³-hybridized carbons (Fsp3) is 0.375. The van der Waals surface area contributed by atoms with Crippen molar-refractivity contribution >= 4 is 34.3 Å². The molecule has 3 aromatic rings. The van der Waals surface area contributed by atoms with Crippen molar-refractivity contribution in [3.05, 3.63) is 47.8 Å². The molecule has 0 spiro atoms. The van der Waals surface area contributed by atoms with Crippen LogP contribution in [0, 0.1) is 5.92 Å². The van der Waals surface area contributed by atoms with Gasteiger partial charge >= 0.3 is 6.03 Å². The molecule has 1 atom stereocenters. The molecule has 3 N–H and O–H groups in total. The number of pyridine rings is 1. The lowest BCUT2D eigenvalue weighted by Gasteiger charge is -2.37. The molecule has 1 aliphatic heterocycles. The van der Waals surface area contributed by atoms with E-state index in [4.69, 9.17) is 4.74 Å². The second kappa shape index (κ2) is 9.11. The molecule has 0 saturated heterocycles. The van der Waals surface area contributed by atoms with E-state index in [1.54, 1.807) is 34.2 Å². The summed E-state index contributed by atoms with van der Waals surface area (Å²) in [7, 11) is 1.52. The first kappa shape index (κ1) is 22.6. The van der Waals surface area contributed by atoms with E-state index in [1.165, 1.54) is 7.11 Å². The van der Waals surface area contributed by atoms with Gasteiger partial charge in [-0.15, -0.1) is 0 Å². The molecule has 3 amide bonds. The van der Waals surface area contributed by atoms with Crippen LogP contribution in [0.4, 0.5) is 16.2 Å². The van der Waals surface area contributed by atoms with Crippen molar-refractivity contribution in [1.29, 1.82) is 0 Å². The summed E-state index contributed by atoms with van der Waals surface area (Å²) in [5, 5.41) is 13.3. The number of carbonyl (C=O) groups is 2. The summed E-state index contributed by atoms with van der Waals surface area (Å²) in [6.45, 7) is 6.42. The Bertz CT molecular complexity index is 1190. The number of urea groups is 1. The van der Waals surface area contributed by atoms with Crippen LogP contribution in [0.1, 0.15) is 36.7 Å². The molecule has 2 aromatic heterocycles. The number of hydrogen-bond donors (Lipinski definition) is 3. The lowest BCUT2D eigenvalue weighted by Crippen LogP contribution is -2.47. The number of aromatic amines is 1. The highest BCUT2D eigenvalue weighted by molar-refractivity contribution is 6.11. The molecule has 3 heterocycles. The highest BCUT2D eigenvalue weighted by Crippen LogP contribution is 2.37. The molecule has 0 bridgehead atoms. The van der Waals surface area contributed by atoms with Crippen molar-refractivity contribution in [3.63, 3.8) is 0 Å². The summed E-state index contributed by atoms with van der Waals surface area (Å²) in [5.41, 5.74) is 3.40. The Kier molecular flexibility index (Phi) is 6.24. The fourth-order valence-electron chi connectivity index (χ4n) is 4.11. The number of ether oxygens (including phenoxy) is 1. The first-order valence-electron chi connectivity index (χ1n) is 11.0. The molecule has 0 fully saturated rings. The quantitative estimate of drug-likeness (QED) is 0.511. The largest absolute Gasteiger partial charge is 0.497 e. The number of fused-ring (bicyclic) bond motifs is 3. The number of rotatable bonds is 7. The lowest BCUT2D eigenvalue weighted by molar-refractivity contribution is 0.0896. The number of aromatic nitrogens is 2. The molecule has 9 nitrogen and oxygen atoms in total. The second-order valence-electron chi connectivity index (χ2n) is 8.41. The maximum atomic E-state index is 13.5. The molecule has 0 radical (unpaired) electrons. The minimum absolute atomic E-state index is 0.0695. The third-order valence-corrected chi connectivity index (χ3v) is 6.03. The van der Waals surface area contributed by atoms with Crippen molar-refractivity contribution in [1.82, 2.24) is 15.3 Å². The average Bonchev–Trinajstić information content (AvgIpc) is 3.30. The normalized spacial score (nSPS) is 14.5. The Hall–Kier alpha value is -3.59. The van der Waals surface area contributed by atoms with Crippen LogP contribution < -0.4 is 19.9 Å². The summed E-state index contributed by atoms with van der Waals surface area (Å²) in [5.74, 6) is 0.194. The zero-order chi connectivity index (χ0) is 23.7. The number of aliphatic hydroxyl groups excluding tert-OH is 1. The number of benzene rings is 1. The van der Waals surface area contributed by atoms with Gasteiger partial charge in [0.25, 0.3) is 5.91 Å². The van der Waals surface area contributed by atoms with Gasteiger partial charge in [0, 0.05) is 41.5 Å². The van der Waals surface area contributed by atoms with Crippen LogP contribution in [-0.2, 0) is 6.54 Å². The average molecular weight is 452 g/mol. The predicted octanol–water partition coefficient (Wildman–Crippen LogP) is 3.28. The van der Waals surface area contributed by atoms with Gasteiger partial charge in [0.15, 0.2) is 0 Å². The minimum atomic E-state index is -0.374. The van der Waals surface area contributed by atoms with Gasteiger partial charge in [0.1, 0.15) is 11.4 Å². The molecule has 1 aliphatic rings. The second-order valence-corrected chi connectivity index (χ2v) is 8.41. The molecule has 4 rings (SSSR count). The third-order valence-electron chi connectivity index (χ3n) is 6.03. The number of amides is 3. The molecule has 33 heavy (non-hydrogen) atoms. The maximum absolute atomic E-state index is 13.5. The van der Waals surface area contributed by atoms with Crippen LogP contribution in [0.15, 0.2) is 36.7 Å². The summed E-state index contributed by atoms with van der Waals surface area (Å²) < 4.78 is 5.42. The van der Waals surface area contributed by atoms with E-state index in [-0.39, 0.29) is 30.5 Å². The van der Waals surface area contributed by atoms with Gasteiger partial charge in [0.2, 0.25) is 0 Å². The summed E-state index contributed by atoms with van der Waals surface area (Å²) >= 11 is 0. The lowest BCUT2D eigenvalue weighted by atomic mass is 10.0. The van der Waals surface area contributed by atoms with Crippen LogP contribution >= 0.6 is 0 Å². The van der Waals surface area contributed by atoms with Crippen molar-refractivity contribution < 1.29 is 19.4 Å². The molecular formula is C24H29N5O4. The number of H-pyrrole nitrogens is 1. The highest BCUT2D eigenvalue weighted by atomic mass is 16.5. The zero-order valence-corrected chi connectivity index (χ0v) is 19.3. The first-order valence-corrected chi connectivity index (χ1v) is 11.0. The van der Waals surface area contributed by atoms with E-state index in [0.29, 0.717) is 30.1 Å². The third kappa shape index (κ3) is 4.11. The number of hydrogen-bond acceptors (Lipinski definition) is 5. The van der Waals surface area contributed by atoms with Crippen molar-refractivity contribution in [2.24, 2.45) is 5.92 Å². The number of nitrogens with zero attached hydrogens (tertiary/aromatic N) is 3. The Morgan fingerprint density at radius 1 is 1.33 bits per heavy atom.